The predicted octanol–water partition coefficient (Wildman–Crippen LogP) is 3.55. The molecule has 1 aliphatic heterocycles. The number of likely N-dealkylation sites (tertiary alicyclic amines) is 1. The molecule has 2 unspecified atom stereocenters. The van der Waals surface area contributed by atoms with E-state index < -0.39 is 0 Å². The first-order chi connectivity index (χ1) is 10.9. The zero-order chi connectivity index (χ0) is 14.8. The van der Waals surface area contributed by atoms with E-state index in [9.17, 15) is 0 Å². The minimum absolute atomic E-state index is 0.927. The molecule has 1 aromatic carbocycles. The summed E-state index contributed by atoms with van der Waals surface area (Å²) >= 11 is 0. The van der Waals surface area contributed by atoms with Gasteiger partial charge in [0.1, 0.15) is 0 Å². The molecule has 1 aromatic heterocycles. The molecule has 2 fully saturated rings. The Morgan fingerprint density at radius 1 is 1.00 bits per heavy atom. The smallest absolute Gasteiger partial charge is 0.0951 e. The molecule has 2 heterocycles. The van der Waals surface area contributed by atoms with Crippen LogP contribution in [0, 0.1) is 11.8 Å². The number of hydrogen-bond donors (Lipinski definition) is 0. The maximum Gasteiger partial charge on any atom is 0.0951 e. The summed E-state index contributed by atoms with van der Waals surface area (Å²) in [5.41, 5.74) is 2.70. The Bertz CT molecular complexity index is 592. The molecule has 4 rings (SSSR count). The van der Waals surface area contributed by atoms with E-state index in [1.165, 1.54) is 50.0 Å². The fraction of sp³-hybridized carbons (Fsp3) is 0.526. The lowest BCUT2D eigenvalue weighted by Crippen LogP contribution is -2.42. The molecule has 3 nitrogen and oxygen atoms in total. The highest BCUT2D eigenvalue weighted by Gasteiger charge is 2.30. The molecule has 116 valence electrons. The first kappa shape index (κ1) is 14.0. The van der Waals surface area contributed by atoms with Crippen LogP contribution in [0.25, 0.3) is 0 Å². The summed E-state index contributed by atoms with van der Waals surface area (Å²) in [5.74, 6) is 1.89. The molecule has 22 heavy (non-hydrogen) atoms. The van der Waals surface area contributed by atoms with Gasteiger partial charge in [-0.25, -0.2) is 4.98 Å². The van der Waals surface area contributed by atoms with Crippen LogP contribution in [-0.4, -0.2) is 27.5 Å². The van der Waals surface area contributed by atoms with Crippen molar-refractivity contribution in [1.29, 1.82) is 0 Å². The monoisotopic (exact) mass is 295 g/mol. The van der Waals surface area contributed by atoms with Gasteiger partial charge in [0.2, 0.25) is 0 Å². The second kappa shape index (κ2) is 6.25. The average molecular weight is 295 g/mol. The highest BCUT2D eigenvalue weighted by atomic mass is 15.2. The van der Waals surface area contributed by atoms with Crippen LogP contribution in [0.4, 0.5) is 0 Å². The van der Waals surface area contributed by atoms with Crippen molar-refractivity contribution in [2.75, 3.05) is 13.1 Å². The molecule has 0 radical (unpaired) electrons. The molecule has 1 saturated carbocycles. The Morgan fingerprint density at radius 2 is 1.77 bits per heavy atom. The van der Waals surface area contributed by atoms with E-state index in [1.807, 2.05) is 12.5 Å². The lowest BCUT2D eigenvalue weighted by atomic mass is 9.78. The zero-order valence-corrected chi connectivity index (χ0v) is 13.2. The standard InChI is InChI=1S/C19H25N3/c1-2-5-16(6-3-1)13-22-15-20-10-19(22)14-21-11-17-7-4-8-18(9-17)12-21/h1-3,5-6,10,15,17-18H,4,7-9,11-14H2. The minimum Gasteiger partial charge on any atom is -0.329 e. The van der Waals surface area contributed by atoms with Crippen molar-refractivity contribution in [1.82, 2.24) is 14.5 Å². The van der Waals surface area contributed by atoms with E-state index in [2.05, 4.69) is 44.8 Å². The molecule has 2 aromatic rings. The second-order valence-electron chi connectivity index (χ2n) is 7.09. The van der Waals surface area contributed by atoms with Gasteiger partial charge in [-0.1, -0.05) is 36.8 Å². The zero-order valence-electron chi connectivity index (χ0n) is 13.2. The van der Waals surface area contributed by atoms with E-state index in [0.717, 1.165) is 24.9 Å². The van der Waals surface area contributed by atoms with E-state index >= 15 is 0 Å². The van der Waals surface area contributed by atoms with Crippen LogP contribution in [-0.2, 0) is 13.1 Å². The fourth-order valence-electron chi connectivity index (χ4n) is 4.30. The molecule has 2 bridgehead atoms. The van der Waals surface area contributed by atoms with Gasteiger partial charge in [0.25, 0.3) is 0 Å². The van der Waals surface area contributed by atoms with Gasteiger partial charge in [0.05, 0.1) is 12.0 Å². The number of benzene rings is 1. The lowest BCUT2D eigenvalue weighted by Gasteiger charge is -2.41. The quantitative estimate of drug-likeness (QED) is 0.860. The van der Waals surface area contributed by atoms with Crippen molar-refractivity contribution in [2.45, 2.75) is 38.8 Å². The summed E-state index contributed by atoms with van der Waals surface area (Å²) < 4.78 is 2.31. The number of rotatable bonds is 4. The van der Waals surface area contributed by atoms with E-state index in [1.54, 1.807) is 0 Å². The van der Waals surface area contributed by atoms with E-state index in [0.29, 0.717) is 0 Å². The maximum atomic E-state index is 4.39. The number of fused-ring (bicyclic) bond motifs is 2. The van der Waals surface area contributed by atoms with Crippen LogP contribution in [0.3, 0.4) is 0 Å². The van der Waals surface area contributed by atoms with Gasteiger partial charge in [0, 0.05) is 32.4 Å². The van der Waals surface area contributed by atoms with Crippen molar-refractivity contribution in [3.8, 4) is 0 Å². The van der Waals surface area contributed by atoms with Crippen molar-refractivity contribution >= 4 is 0 Å². The topological polar surface area (TPSA) is 21.1 Å². The Hall–Kier alpha value is -1.61. The van der Waals surface area contributed by atoms with Crippen LogP contribution in [0.15, 0.2) is 42.9 Å². The van der Waals surface area contributed by atoms with Gasteiger partial charge >= 0.3 is 0 Å². The molecule has 1 aliphatic carbocycles. The predicted molar refractivity (Wildman–Crippen MR) is 88.5 cm³/mol. The second-order valence-corrected chi connectivity index (χ2v) is 7.09. The summed E-state index contributed by atoms with van der Waals surface area (Å²) in [6, 6.07) is 10.7. The van der Waals surface area contributed by atoms with E-state index in [-0.39, 0.29) is 0 Å². The van der Waals surface area contributed by atoms with Crippen LogP contribution >= 0.6 is 0 Å². The lowest BCUT2D eigenvalue weighted by molar-refractivity contribution is 0.0791. The van der Waals surface area contributed by atoms with Gasteiger partial charge < -0.3 is 4.57 Å². The van der Waals surface area contributed by atoms with Gasteiger partial charge in [0.15, 0.2) is 0 Å². The summed E-state index contributed by atoms with van der Waals surface area (Å²) in [7, 11) is 0. The number of aromatic nitrogens is 2. The van der Waals surface area contributed by atoms with Gasteiger partial charge in [-0.2, -0.15) is 0 Å². The third-order valence-corrected chi connectivity index (χ3v) is 5.30. The van der Waals surface area contributed by atoms with E-state index in [4.69, 9.17) is 0 Å². The number of piperidine rings is 1. The van der Waals surface area contributed by atoms with Crippen LogP contribution < -0.4 is 0 Å². The van der Waals surface area contributed by atoms with Crippen LogP contribution in [0.2, 0.25) is 0 Å². The third kappa shape index (κ3) is 3.09. The molecule has 2 aliphatic rings. The summed E-state index contributed by atoms with van der Waals surface area (Å²) in [5, 5.41) is 0. The Balaban J connectivity index is 1.44. The molecule has 3 heteroatoms. The van der Waals surface area contributed by atoms with Crippen LogP contribution in [0.1, 0.15) is 36.9 Å². The van der Waals surface area contributed by atoms with Crippen molar-refractivity contribution in [3.05, 3.63) is 54.1 Å². The Morgan fingerprint density at radius 3 is 2.55 bits per heavy atom. The largest absolute Gasteiger partial charge is 0.329 e. The first-order valence-corrected chi connectivity index (χ1v) is 8.62. The SMILES string of the molecule is c1ccc(Cn2cncc2CN2CC3CCCC(C3)C2)cc1. The Kier molecular flexibility index (Phi) is 3.98. The Labute approximate surface area is 133 Å². The minimum atomic E-state index is 0.927. The number of hydrogen-bond acceptors (Lipinski definition) is 2. The first-order valence-electron chi connectivity index (χ1n) is 8.62. The normalized spacial score (nSPS) is 25.3. The average Bonchev–Trinajstić information content (AvgIpc) is 2.95. The summed E-state index contributed by atoms with van der Waals surface area (Å²) in [4.78, 5) is 7.06. The van der Waals surface area contributed by atoms with Crippen LogP contribution in [0.5, 0.6) is 0 Å². The van der Waals surface area contributed by atoms with Gasteiger partial charge in [-0.15, -0.1) is 0 Å². The third-order valence-electron chi connectivity index (χ3n) is 5.30. The molecular formula is C19H25N3. The van der Waals surface area contributed by atoms with Crippen molar-refractivity contribution < 1.29 is 0 Å². The highest BCUT2D eigenvalue weighted by Crippen LogP contribution is 2.34. The van der Waals surface area contributed by atoms with Gasteiger partial charge in [-0.3, -0.25) is 4.90 Å². The summed E-state index contributed by atoms with van der Waals surface area (Å²) in [6.07, 6.45) is 9.84. The molecule has 0 spiro atoms. The van der Waals surface area contributed by atoms with Crippen molar-refractivity contribution in [2.24, 2.45) is 11.8 Å². The molecule has 2 atom stereocenters. The fourth-order valence-corrected chi connectivity index (χ4v) is 4.30. The molecule has 1 saturated heterocycles. The molecular weight excluding hydrogens is 270 g/mol. The van der Waals surface area contributed by atoms with Gasteiger partial charge in [-0.05, 0) is 36.7 Å². The summed E-state index contributed by atoms with van der Waals surface area (Å²) in [6.45, 7) is 4.55. The molecule has 0 N–H and O–H groups in total. The highest BCUT2D eigenvalue weighted by molar-refractivity contribution is 5.16. The maximum absolute atomic E-state index is 4.39. The number of imidazole rings is 1. The number of nitrogens with zero attached hydrogens (tertiary/aromatic N) is 3. The molecule has 0 amide bonds. The van der Waals surface area contributed by atoms with Crippen molar-refractivity contribution in [3.63, 3.8) is 0 Å².